The van der Waals surface area contributed by atoms with Crippen LogP contribution in [0.1, 0.15) is 38.9 Å². The number of nitrogens with zero attached hydrogens (tertiary/aromatic N) is 1. The van der Waals surface area contributed by atoms with Crippen molar-refractivity contribution in [3.05, 3.63) is 91.8 Å². The maximum Gasteiger partial charge on any atom is 0.291 e. The van der Waals surface area contributed by atoms with Gasteiger partial charge in [-0.3, -0.25) is 9.59 Å². The number of hydrogen-bond acceptors (Lipinski definition) is 3. The van der Waals surface area contributed by atoms with E-state index >= 15 is 0 Å². The van der Waals surface area contributed by atoms with Crippen molar-refractivity contribution in [2.75, 3.05) is 6.54 Å². The molecule has 1 aliphatic heterocycles. The zero-order valence-electron chi connectivity index (χ0n) is 15.1. The van der Waals surface area contributed by atoms with Crippen LogP contribution < -0.4 is 5.43 Å². The molecular formula is C22H18BrNO3. The molecule has 2 aromatic carbocycles. The molecule has 0 spiro atoms. The average Bonchev–Trinajstić information content (AvgIpc) is 2.90. The van der Waals surface area contributed by atoms with E-state index in [1.807, 2.05) is 50.2 Å². The molecule has 136 valence electrons. The number of carbonyl (C=O) groups excluding carboxylic acids is 1. The number of carbonyl (C=O) groups is 1. The third-order valence-electron chi connectivity index (χ3n) is 5.07. The molecule has 1 atom stereocenters. The van der Waals surface area contributed by atoms with Crippen molar-refractivity contribution >= 4 is 32.8 Å². The van der Waals surface area contributed by atoms with Gasteiger partial charge in [-0.15, -0.1) is 6.58 Å². The van der Waals surface area contributed by atoms with Gasteiger partial charge in [0.1, 0.15) is 5.58 Å². The van der Waals surface area contributed by atoms with Crippen LogP contribution in [0.3, 0.4) is 0 Å². The Bertz CT molecular complexity index is 1160. The van der Waals surface area contributed by atoms with Crippen LogP contribution in [0, 0.1) is 13.8 Å². The van der Waals surface area contributed by atoms with Crippen molar-refractivity contribution in [3.63, 3.8) is 0 Å². The molecule has 5 heteroatoms. The largest absolute Gasteiger partial charge is 0.450 e. The molecule has 0 saturated carbocycles. The Labute approximate surface area is 165 Å². The van der Waals surface area contributed by atoms with Crippen LogP contribution in [-0.4, -0.2) is 17.4 Å². The monoisotopic (exact) mass is 423 g/mol. The zero-order valence-corrected chi connectivity index (χ0v) is 16.7. The lowest BCUT2D eigenvalue weighted by molar-refractivity contribution is 0.0748. The molecule has 0 N–H and O–H groups in total. The highest BCUT2D eigenvalue weighted by atomic mass is 79.9. The van der Waals surface area contributed by atoms with Crippen LogP contribution in [0.5, 0.6) is 0 Å². The number of fused-ring (bicyclic) bond motifs is 2. The van der Waals surface area contributed by atoms with Crippen LogP contribution in [0.25, 0.3) is 11.0 Å². The second-order valence-electron chi connectivity index (χ2n) is 6.81. The van der Waals surface area contributed by atoms with Crippen LogP contribution in [0.4, 0.5) is 0 Å². The van der Waals surface area contributed by atoms with Gasteiger partial charge < -0.3 is 9.32 Å². The highest BCUT2D eigenvalue weighted by Crippen LogP contribution is 2.38. The van der Waals surface area contributed by atoms with Gasteiger partial charge in [-0.05, 0) is 54.8 Å². The number of amides is 1. The standard InChI is InChI=1S/C22H18BrNO3/c1-4-8-24-19(14-6-5-7-15(23)11-14)18-20(25)16-9-12(2)13(3)10-17(16)27-21(18)22(24)26/h4-7,9-11,19H,1,8H2,2-3H3. The van der Waals surface area contributed by atoms with Gasteiger partial charge in [-0.1, -0.05) is 34.1 Å². The number of hydrogen-bond donors (Lipinski definition) is 0. The first-order valence-corrected chi connectivity index (χ1v) is 9.47. The molecule has 0 bridgehead atoms. The summed E-state index contributed by atoms with van der Waals surface area (Å²) in [6.07, 6.45) is 1.66. The molecule has 27 heavy (non-hydrogen) atoms. The van der Waals surface area contributed by atoms with E-state index in [2.05, 4.69) is 22.5 Å². The molecule has 4 nitrogen and oxygen atoms in total. The Kier molecular flexibility index (Phi) is 4.27. The van der Waals surface area contributed by atoms with Crippen LogP contribution in [-0.2, 0) is 0 Å². The number of aryl methyl sites for hydroxylation is 2. The fourth-order valence-electron chi connectivity index (χ4n) is 3.63. The van der Waals surface area contributed by atoms with Crippen LogP contribution in [0.15, 0.2) is 62.7 Å². The maximum atomic E-state index is 13.4. The highest BCUT2D eigenvalue weighted by molar-refractivity contribution is 9.10. The summed E-state index contributed by atoms with van der Waals surface area (Å²) >= 11 is 3.47. The summed E-state index contributed by atoms with van der Waals surface area (Å²) in [5.74, 6) is -0.158. The third kappa shape index (κ3) is 2.73. The second-order valence-corrected chi connectivity index (χ2v) is 7.73. The number of benzene rings is 2. The molecule has 0 radical (unpaired) electrons. The summed E-state index contributed by atoms with van der Waals surface area (Å²) in [5.41, 5.74) is 3.58. The lowest BCUT2D eigenvalue weighted by atomic mass is 9.97. The quantitative estimate of drug-likeness (QED) is 0.562. The lowest BCUT2D eigenvalue weighted by Gasteiger charge is -2.23. The Morgan fingerprint density at radius 2 is 1.93 bits per heavy atom. The molecule has 0 aliphatic carbocycles. The van der Waals surface area contributed by atoms with E-state index in [4.69, 9.17) is 4.42 Å². The molecule has 1 aromatic heterocycles. The van der Waals surface area contributed by atoms with Gasteiger partial charge in [-0.2, -0.15) is 0 Å². The predicted molar refractivity (Wildman–Crippen MR) is 109 cm³/mol. The van der Waals surface area contributed by atoms with Gasteiger partial charge in [0.25, 0.3) is 5.91 Å². The van der Waals surface area contributed by atoms with E-state index in [0.717, 1.165) is 21.2 Å². The summed E-state index contributed by atoms with van der Waals surface area (Å²) in [4.78, 5) is 28.0. The molecule has 4 rings (SSSR count). The van der Waals surface area contributed by atoms with E-state index in [-0.39, 0.29) is 17.1 Å². The first kappa shape index (κ1) is 17.7. The Morgan fingerprint density at radius 1 is 1.19 bits per heavy atom. The van der Waals surface area contributed by atoms with E-state index in [9.17, 15) is 9.59 Å². The first-order chi connectivity index (χ1) is 12.9. The average molecular weight is 424 g/mol. The summed E-state index contributed by atoms with van der Waals surface area (Å²) in [5, 5.41) is 0.505. The van der Waals surface area contributed by atoms with Gasteiger partial charge in [0.05, 0.1) is 17.0 Å². The summed E-state index contributed by atoms with van der Waals surface area (Å²) < 4.78 is 6.84. The molecular weight excluding hydrogens is 406 g/mol. The first-order valence-electron chi connectivity index (χ1n) is 8.67. The van der Waals surface area contributed by atoms with Crippen molar-refractivity contribution in [2.45, 2.75) is 19.9 Å². The summed E-state index contributed by atoms with van der Waals surface area (Å²) in [6, 6.07) is 10.8. The topological polar surface area (TPSA) is 50.5 Å². The Hall–Kier alpha value is -2.66. The van der Waals surface area contributed by atoms with Crippen molar-refractivity contribution in [1.29, 1.82) is 0 Å². The van der Waals surface area contributed by atoms with Gasteiger partial charge in [0.15, 0.2) is 5.43 Å². The maximum absolute atomic E-state index is 13.4. The van der Waals surface area contributed by atoms with Crippen molar-refractivity contribution in [2.24, 2.45) is 0 Å². The Balaban J connectivity index is 2.05. The van der Waals surface area contributed by atoms with Gasteiger partial charge in [0.2, 0.25) is 5.76 Å². The number of rotatable bonds is 3. The normalized spacial score (nSPS) is 16.0. The molecule has 2 heterocycles. The minimum Gasteiger partial charge on any atom is -0.450 e. The summed E-state index contributed by atoms with van der Waals surface area (Å²) in [6.45, 7) is 8.00. The minimum atomic E-state index is -0.495. The molecule has 0 fully saturated rings. The Morgan fingerprint density at radius 3 is 2.63 bits per heavy atom. The van der Waals surface area contributed by atoms with Gasteiger partial charge in [-0.25, -0.2) is 0 Å². The molecule has 1 amide bonds. The fourth-order valence-corrected chi connectivity index (χ4v) is 4.04. The van der Waals surface area contributed by atoms with E-state index in [1.165, 1.54) is 0 Å². The van der Waals surface area contributed by atoms with Crippen molar-refractivity contribution < 1.29 is 9.21 Å². The van der Waals surface area contributed by atoms with Gasteiger partial charge in [0, 0.05) is 11.0 Å². The molecule has 3 aromatic rings. The van der Waals surface area contributed by atoms with Gasteiger partial charge >= 0.3 is 0 Å². The SMILES string of the molecule is C=CCN1C(=O)c2oc3cc(C)c(C)cc3c(=O)c2C1c1cccc(Br)c1. The molecule has 1 aliphatic rings. The van der Waals surface area contributed by atoms with E-state index < -0.39 is 6.04 Å². The van der Waals surface area contributed by atoms with Crippen molar-refractivity contribution in [3.8, 4) is 0 Å². The predicted octanol–water partition coefficient (Wildman–Crippen LogP) is 4.90. The molecule has 0 saturated heterocycles. The van der Waals surface area contributed by atoms with Crippen LogP contribution in [0.2, 0.25) is 0 Å². The zero-order chi connectivity index (χ0) is 19.3. The fraction of sp³-hybridized carbons (Fsp3) is 0.182. The third-order valence-corrected chi connectivity index (χ3v) is 5.57. The number of halogens is 1. The van der Waals surface area contributed by atoms with Crippen molar-refractivity contribution in [1.82, 2.24) is 4.90 Å². The van der Waals surface area contributed by atoms with Crippen LogP contribution >= 0.6 is 15.9 Å². The van der Waals surface area contributed by atoms with E-state index in [1.54, 1.807) is 11.0 Å². The minimum absolute atomic E-state index is 0.127. The molecule has 1 unspecified atom stereocenters. The highest BCUT2D eigenvalue weighted by Gasteiger charge is 2.42. The van der Waals surface area contributed by atoms with E-state index in [0.29, 0.717) is 23.1 Å². The summed E-state index contributed by atoms with van der Waals surface area (Å²) in [7, 11) is 0. The second kappa shape index (κ2) is 6.50. The smallest absolute Gasteiger partial charge is 0.291 e. The lowest BCUT2D eigenvalue weighted by Crippen LogP contribution is -2.29.